The Balaban J connectivity index is 0. The highest BCUT2D eigenvalue weighted by atomic mass is 32.2. The number of carbonyl (C=O) groups excluding carboxylic acids is 1. The lowest BCUT2D eigenvalue weighted by Crippen LogP contribution is -2.28. The molecule has 0 rings (SSSR count). The van der Waals surface area contributed by atoms with Gasteiger partial charge in [0.1, 0.15) is 0 Å². The van der Waals surface area contributed by atoms with Crippen LogP contribution >= 0.6 is 0 Å². The normalized spacial score (nSPS) is 9.45. The first kappa shape index (κ1) is 13.0. The number of amides is 1. The molecule has 0 aliphatic heterocycles. The highest BCUT2D eigenvalue weighted by Gasteiger charge is 1.85. The van der Waals surface area contributed by atoms with E-state index in [0.29, 0.717) is 12.7 Å². The summed E-state index contributed by atoms with van der Waals surface area (Å²) >= 11 is 0. The Morgan fingerprint density at radius 3 is 1.91 bits per heavy atom. The van der Waals surface area contributed by atoms with Gasteiger partial charge in [-0.05, 0) is 0 Å². The topological polar surface area (TPSA) is 109 Å². The molecule has 0 aliphatic carbocycles. The molecule has 0 aromatic rings. The van der Waals surface area contributed by atoms with Gasteiger partial charge in [-0.25, -0.2) is 5.84 Å². The predicted molar refractivity (Wildman–Crippen MR) is 40.1 cm³/mol. The molecule has 0 radical (unpaired) electrons. The van der Waals surface area contributed by atoms with Gasteiger partial charge in [0.05, 0.1) is 6.26 Å². The molecule has 0 spiro atoms. The molecule has 7 heteroatoms. The lowest BCUT2D eigenvalue weighted by atomic mass is 10.5. The second-order valence-electron chi connectivity index (χ2n) is 1.65. The highest BCUT2D eigenvalue weighted by molar-refractivity contribution is 7.85. The second kappa shape index (κ2) is 6.08. The molecular formula is C4H12N2O4S. The zero-order chi connectivity index (χ0) is 9.49. The number of hydrazine groups is 1. The van der Waals surface area contributed by atoms with E-state index in [2.05, 4.69) is 5.84 Å². The first-order valence-corrected chi connectivity index (χ1v) is 4.58. The van der Waals surface area contributed by atoms with Crippen molar-refractivity contribution < 1.29 is 17.8 Å². The van der Waals surface area contributed by atoms with E-state index in [9.17, 15) is 13.2 Å². The molecule has 0 atom stereocenters. The van der Waals surface area contributed by atoms with Gasteiger partial charge in [0, 0.05) is 6.42 Å². The van der Waals surface area contributed by atoms with Gasteiger partial charge in [0.15, 0.2) is 0 Å². The van der Waals surface area contributed by atoms with Gasteiger partial charge in [-0.2, -0.15) is 8.42 Å². The summed E-state index contributed by atoms with van der Waals surface area (Å²) in [5.74, 6) is 4.55. The van der Waals surface area contributed by atoms with Crippen molar-refractivity contribution in [2.45, 2.75) is 13.3 Å². The second-order valence-corrected chi connectivity index (χ2v) is 3.12. The van der Waals surface area contributed by atoms with Gasteiger partial charge >= 0.3 is 0 Å². The van der Waals surface area contributed by atoms with Gasteiger partial charge in [0.2, 0.25) is 5.91 Å². The van der Waals surface area contributed by atoms with Crippen LogP contribution in [0, 0.1) is 0 Å². The lowest BCUT2D eigenvalue weighted by Gasteiger charge is -1.87. The van der Waals surface area contributed by atoms with Crippen LogP contribution in [-0.4, -0.2) is 25.1 Å². The Kier molecular flexibility index (Phi) is 7.16. The summed E-state index contributed by atoms with van der Waals surface area (Å²) < 4.78 is 25.9. The monoisotopic (exact) mass is 184 g/mol. The van der Waals surface area contributed by atoms with Crippen molar-refractivity contribution in [3.8, 4) is 0 Å². The van der Waals surface area contributed by atoms with Gasteiger partial charge < -0.3 is 0 Å². The van der Waals surface area contributed by atoms with Crippen molar-refractivity contribution in [2.24, 2.45) is 5.84 Å². The summed E-state index contributed by atoms with van der Waals surface area (Å²) in [6, 6.07) is 0. The van der Waals surface area contributed by atoms with Crippen LogP contribution in [0.5, 0.6) is 0 Å². The van der Waals surface area contributed by atoms with Gasteiger partial charge in [-0.1, -0.05) is 6.92 Å². The number of rotatable bonds is 1. The molecule has 0 unspecified atom stereocenters. The van der Waals surface area contributed by atoms with Crippen LogP contribution in [0.4, 0.5) is 0 Å². The summed E-state index contributed by atoms with van der Waals surface area (Å²) in [6.45, 7) is 1.74. The Morgan fingerprint density at radius 2 is 1.91 bits per heavy atom. The van der Waals surface area contributed by atoms with Crippen molar-refractivity contribution in [2.75, 3.05) is 6.26 Å². The van der Waals surface area contributed by atoms with E-state index in [1.807, 2.05) is 5.43 Å². The lowest BCUT2D eigenvalue weighted by molar-refractivity contribution is -0.120. The Hall–Kier alpha value is -0.660. The molecule has 11 heavy (non-hydrogen) atoms. The number of hydrogen-bond donors (Lipinski definition) is 3. The number of nitrogens with two attached hydrogens (primary N) is 1. The zero-order valence-corrected chi connectivity index (χ0v) is 7.18. The van der Waals surface area contributed by atoms with E-state index in [1.165, 1.54) is 0 Å². The summed E-state index contributed by atoms with van der Waals surface area (Å²) in [7, 11) is -3.67. The van der Waals surface area contributed by atoms with E-state index < -0.39 is 10.1 Å². The van der Waals surface area contributed by atoms with Crippen LogP contribution < -0.4 is 11.3 Å². The van der Waals surface area contributed by atoms with E-state index >= 15 is 0 Å². The average molecular weight is 184 g/mol. The fraction of sp³-hybridized carbons (Fsp3) is 0.750. The van der Waals surface area contributed by atoms with Gasteiger partial charge in [0.25, 0.3) is 10.1 Å². The Labute approximate surface area is 65.5 Å². The maximum atomic E-state index is 9.94. The number of carbonyl (C=O) groups is 1. The summed E-state index contributed by atoms with van der Waals surface area (Å²) in [5.41, 5.74) is 1.98. The summed E-state index contributed by atoms with van der Waals surface area (Å²) in [6.07, 6.45) is 1.17. The summed E-state index contributed by atoms with van der Waals surface area (Å²) in [5, 5.41) is 0. The average Bonchev–Trinajstić information content (AvgIpc) is 1.83. The maximum absolute atomic E-state index is 9.94. The SMILES string of the molecule is CCC(=O)NN.CS(=O)(=O)O. The van der Waals surface area contributed by atoms with Crippen LogP contribution in [0.15, 0.2) is 0 Å². The Bertz CT molecular complexity index is 184. The molecule has 68 valence electrons. The van der Waals surface area contributed by atoms with Crippen LogP contribution in [0.1, 0.15) is 13.3 Å². The Morgan fingerprint density at radius 1 is 1.64 bits per heavy atom. The highest BCUT2D eigenvalue weighted by Crippen LogP contribution is 1.66. The molecule has 0 aliphatic rings. The van der Waals surface area contributed by atoms with Crippen molar-refractivity contribution >= 4 is 16.0 Å². The van der Waals surface area contributed by atoms with Gasteiger partial charge in [-0.15, -0.1) is 0 Å². The fourth-order valence-corrected chi connectivity index (χ4v) is 0.102. The van der Waals surface area contributed by atoms with Crippen LogP contribution in [0.25, 0.3) is 0 Å². The molecule has 0 fully saturated rings. The molecule has 4 N–H and O–H groups in total. The number of hydrogen-bond acceptors (Lipinski definition) is 4. The standard InChI is InChI=1S/C3H8N2O.CH4O3S/c1-2-3(6)5-4;1-5(2,3)4/h2,4H2,1H3,(H,5,6);1H3,(H,2,3,4). The first-order chi connectivity index (χ1) is 4.81. The molecule has 0 heterocycles. The first-order valence-electron chi connectivity index (χ1n) is 2.73. The van der Waals surface area contributed by atoms with Crippen LogP contribution in [-0.2, 0) is 14.9 Å². The molecule has 6 nitrogen and oxygen atoms in total. The van der Waals surface area contributed by atoms with Gasteiger partial charge in [-0.3, -0.25) is 14.8 Å². The van der Waals surface area contributed by atoms with Crippen molar-refractivity contribution in [1.29, 1.82) is 0 Å². The van der Waals surface area contributed by atoms with Crippen molar-refractivity contribution in [3.05, 3.63) is 0 Å². The van der Waals surface area contributed by atoms with E-state index in [4.69, 9.17) is 4.55 Å². The van der Waals surface area contributed by atoms with Crippen molar-refractivity contribution in [3.63, 3.8) is 0 Å². The third kappa shape index (κ3) is 45.1. The minimum Gasteiger partial charge on any atom is -0.294 e. The molecule has 0 saturated heterocycles. The van der Waals surface area contributed by atoms with E-state index in [0.717, 1.165) is 0 Å². The number of nitrogens with one attached hydrogen (secondary N) is 1. The quantitative estimate of drug-likeness (QED) is 0.207. The predicted octanol–water partition coefficient (Wildman–Crippen LogP) is -1.11. The van der Waals surface area contributed by atoms with Crippen LogP contribution in [0.3, 0.4) is 0 Å². The summed E-state index contributed by atoms with van der Waals surface area (Å²) in [4.78, 5) is 9.94. The fourth-order valence-electron chi connectivity index (χ4n) is 0.102. The van der Waals surface area contributed by atoms with Crippen molar-refractivity contribution in [1.82, 2.24) is 5.43 Å². The molecule has 0 aromatic carbocycles. The van der Waals surface area contributed by atoms with Crippen LogP contribution in [0.2, 0.25) is 0 Å². The molecule has 0 saturated carbocycles. The zero-order valence-electron chi connectivity index (χ0n) is 6.36. The molecule has 0 bridgehead atoms. The minimum atomic E-state index is -3.67. The molecule has 1 amide bonds. The smallest absolute Gasteiger partial charge is 0.261 e. The minimum absolute atomic E-state index is 0.130. The largest absolute Gasteiger partial charge is 0.294 e. The van der Waals surface area contributed by atoms with E-state index in [-0.39, 0.29) is 5.91 Å². The third-order valence-electron chi connectivity index (χ3n) is 0.482. The third-order valence-corrected chi connectivity index (χ3v) is 0.482. The molecule has 0 aromatic heterocycles. The molecular weight excluding hydrogens is 172 g/mol. The van der Waals surface area contributed by atoms with E-state index in [1.54, 1.807) is 6.92 Å². The maximum Gasteiger partial charge on any atom is 0.261 e.